The number of nitrogens with zero attached hydrogens (tertiary/aromatic N) is 3. The summed E-state index contributed by atoms with van der Waals surface area (Å²) in [5.74, 6) is 1.68. The van der Waals surface area contributed by atoms with Crippen LogP contribution in [-0.2, 0) is 11.3 Å². The number of benzene rings is 1. The van der Waals surface area contributed by atoms with Crippen molar-refractivity contribution >= 4 is 17.7 Å². The first-order valence-electron chi connectivity index (χ1n) is 8.17. The van der Waals surface area contributed by atoms with E-state index in [2.05, 4.69) is 22.4 Å². The molecule has 1 aliphatic rings. The van der Waals surface area contributed by atoms with Crippen molar-refractivity contribution in [3.05, 3.63) is 24.3 Å². The van der Waals surface area contributed by atoms with Gasteiger partial charge in [-0.05, 0) is 51.0 Å². The van der Waals surface area contributed by atoms with Crippen molar-refractivity contribution in [1.29, 1.82) is 0 Å². The normalized spacial score (nSPS) is 15.1. The van der Waals surface area contributed by atoms with Crippen molar-refractivity contribution < 1.29 is 9.53 Å². The maximum absolute atomic E-state index is 12.1. The zero-order chi connectivity index (χ0) is 17.1. The van der Waals surface area contributed by atoms with Gasteiger partial charge in [0.1, 0.15) is 5.75 Å². The maximum Gasteiger partial charge on any atom is 0.233 e. The van der Waals surface area contributed by atoms with Crippen molar-refractivity contribution in [2.45, 2.75) is 49.7 Å². The van der Waals surface area contributed by atoms with E-state index in [0.29, 0.717) is 6.04 Å². The maximum atomic E-state index is 12.1. The molecule has 24 heavy (non-hydrogen) atoms. The Bertz CT molecular complexity index is 710. The molecule has 128 valence electrons. The number of amides is 1. The largest absolute Gasteiger partial charge is 0.497 e. The van der Waals surface area contributed by atoms with Crippen LogP contribution in [0.25, 0.3) is 11.4 Å². The Balaban J connectivity index is 1.76. The van der Waals surface area contributed by atoms with Crippen LogP contribution in [-0.4, -0.2) is 39.1 Å². The number of hydrogen-bond acceptors (Lipinski definition) is 5. The number of aromatic nitrogens is 3. The molecule has 1 heterocycles. The Morgan fingerprint density at radius 1 is 1.38 bits per heavy atom. The third kappa shape index (κ3) is 3.72. The molecule has 7 heteroatoms. The minimum Gasteiger partial charge on any atom is -0.497 e. The minimum absolute atomic E-state index is 0.0687. The van der Waals surface area contributed by atoms with Crippen molar-refractivity contribution in [3.8, 4) is 17.1 Å². The smallest absolute Gasteiger partial charge is 0.233 e. The van der Waals surface area contributed by atoms with Crippen LogP contribution in [0.2, 0.25) is 0 Å². The summed E-state index contributed by atoms with van der Waals surface area (Å²) in [6.45, 7) is 4.70. The predicted molar refractivity (Wildman–Crippen MR) is 94.2 cm³/mol. The predicted octanol–water partition coefficient (Wildman–Crippen LogP) is 2.73. The highest BCUT2D eigenvalue weighted by Gasteiger charge is 2.27. The van der Waals surface area contributed by atoms with Gasteiger partial charge in [-0.15, -0.1) is 10.2 Å². The van der Waals surface area contributed by atoms with Gasteiger partial charge in [0.05, 0.1) is 12.4 Å². The van der Waals surface area contributed by atoms with Crippen LogP contribution >= 0.6 is 11.8 Å². The summed E-state index contributed by atoms with van der Waals surface area (Å²) < 4.78 is 7.23. The van der Waals surface area contributed by atoms with Crippen molar-refractivity contribution in [3.63, 3.8) is 0 Å². The van der Waals surface area contributed by atoms with Crippen LogP contribution in [0, 0.1) is 0 Å². The van der Waals surface area contributed by atoms with E-state index in [4.69, 9.17) is 4.74 Å². The van der Waals surface area contributed by atoms with E-state index in [9.17, 15) is 4.79 Å². The number of hydrogen-bond donors (Lipinski definition) is 1. The lowest BCUT2D eigenvalue weighted by atomic mass is 10.2. The molecule has 1 saturated carbocycles. The van der Waals surface area contributed by atoms with Crippen LogP contribution in [0.4, 0.5) is 0 Å². The molecule has 1 fully saturated rings. The number of carbonyl (C=O) groups is 1. The molecule has 1 atom stereocenters. The minimum atomic E-state index is -0.191. The fraction of sp³-hybridized carbons (Fsp3) is 0.471. The molecular weight excluding hydrogens is 324 g/mol. The molecule has 0 aliphatic heterocycles. The molecule has 0 spiro atoms. The Hall–Kier alpha value is -2.02. The van der Waals surface area contributed by atoms with E-state index in [0.717, 1.165) is 41.7 Å². The molecule has 1 aromatic heterocycles. The second-order valence-corrected chi connectivity index (χ2v) is 7.13. The highest BCUT2D eigenvalue weighted by Crippen LogP contribution is 2.28. The summed E-state index contributed by atoms with van der Waals surface area (Å²) in [4.78, 5) is 12.1. The zero-order valence-electron chi connectivity index (χ0n) is 14.2. The van der Waals surface area contributed by atoms with Gasteiger partial charge in [-0.25, -0.2) is 0 Å². The van der Waals surface area contributed by atoms with E-state index < -0.39 is 0 Å². The second-order valence-electron chi connectivity index (χ2n) is 5.82. The van der Waals surface area contributed by atoms with Gasteiger partial charge in [0, 0.05) is 18.2 Å². The van der Waals surface area contributed by atoms with Crippen molar-refractivity contribution in [2.75, 3.05) is 7.11 Å². The Labute approximate surface area is 146 Å². The van der Waals surface area contributed by atoms with Crippen LogP contribution < -0.4 is 10.1 Å². The fourth-order valence-corrected chi connectivity index (χ4v) is 3.29. The Morgan fingerprint density at radius 2 is 2.08 bits per heavy atom. The van der Waals surface area contributed by atoms with Crippen molar-refractivity contribution in [1.82, 2.24) is 20.1 Å². The third-order valence-corrected chi connectivity index (χ3v) is 5.04. The van der Waals surface area contributed by atoms with Crippen LogP contribution in [0.1, 0.15) is 26.7 Å². The number of rotatable bonds is 7. The summed E-state index contributed by atoms with van der Waals surface area (Å²) in [5.41, 5.74) is 0.979. The van der Waals surface area contributed by atoms with E-state index >= 15 is 0 Å². The number of methoxy groups -OCH3 is 1. The van der Waals surface area contributed by atoms with Gasteiger partial charge in [-0.2, -0.15) is 0 Å². The number of nitrogens with one attached hydrogen (secondary N) is 1. The molecule has 0 radical (unpaired) electrons. The molecule has 0 bridgehead atoms. The zero-order valence-corrected chi connectivity index (χ0v) is 15.0. The lowest BCUT2D eigenvalue weighted by Crippen LogP contribution is -2.32. The molecule has 0 unspecified atom stereocenters. The molecule has 6 nitrogen and oxygen atoms in total. The van der Waals surface area contributed by atoms with Gasteiger partial charge >= 0.3 is 0 Å². The van der Waals surface area contributed by atoms with Gasteiger partial charge in [-0.1, -0.05) is 11.8 Å². The second kappa shape index (κ2) is 7.25. The lowest BCUT2D eigenvalue weighted by Gasteiger charge is -2.12. The third-order valence-electron chi connectivity index (χ3n) is 3.96. The average molecular weight is 346 g/mol. The molecule has 1 amide bonds. The quantitative estimate of drug-likeness (QED) is 0.781. The first kappa shape index (κ1) is 16.8. The molecule has 3 rings (SSSR count). The van der Waals surface area contributed by atoms with Gasteiger partial charge in [0.25, 0.3) is 0 Å². The highest BCUT2D eigenvalue weighted by molar-refractivity contribution is 8.00. The monoisotopic (exact) mass is 346 g/mol. The van der Waals surface area contributed by atoms with E-state index in [1.807, 2.05) is 35.8 Å². The SMILES string of the molecule is CCn1c(S[C@@H](C)C(=O)NC2CC2)nnc1-c1ccc(OC)cc1. The first-order valence-corrected chi connectivity index (χ1v) is 9.05. The van der Waals surface area contributed by atoms with Crippen LogP contribution in [0.5, 0.6) is 5.75 Å². The first-order chi connectivity index (χ1) is 11.6. The van der Waals surface area contributed by atoms with Crippen LogP contribution in [0.15, 0.2) is 29.4 Å². The molecule has 2 aromatic rings. The molecule has 0 saturated heterocycles. The van der Waals surface area contributed by atoms with Gasteiger partial charge in [0.15, 0.2) is 11.0 Å². The van der Waals surface area contributed by atoms with Crippen molar-refractivity contribution in [2.24, 2.45) is 0 Å². The Morgan fingerprint density at radius 3 is 2.67 bits per heavy atom. The lowest BCUT2D eigenvalue weighted by molar-refractivity contribution is -0.120. The highest BCUT2D eigenvalue weighted by atomic mass is 32.2. The molecular formula is C17H22N4O2S. The standard InChI is InChI=1S/C17H22N4O2S/c1-4-21-15(12-5-9-14(23-3)10-6-12)19-20-17(21)24-11(2)16(22)18-13-7-8-13/h5-6,9-11,13H,4,7-8H2,1-3H3,(H,18,22)/t11-/m0/s1. The Kier molecular flexibility index (Phi) is 5.08. The van der Waals surface area contributed by atoms with E-state index in [-0.39, 0.29) is 11.2 Å². The number of ether oxygens (including phenoxy) is 1. The molecule has 1 aliphatic carbocycles. The van der Waals surface area contributed by atoms with E-state index in [1.165, 1.54) is 11.8 Å². The van der Waals surface area contributed by atoms with E-state index in [1.54, 1.807) is 7.11 Å². The summed E-state index contributed by atoms with van der Waals surface area (Å²) in [6, 6.07) is 8.12. The fourth-order valence-electron chi connectivity index (χ4n) is 2.37. The number of thioether (sulfide) groups is 1. The van der Waals surface area contributed by atoms with Gasteiger partial charge < -0.3 is 14.6 Å². The van der Waals surface area contributed by atoms with Gasteiger partial charge in [-0.3, -0.25) is 4.79 Å². The molecule has 1 aromatic carbocycles. The average Bonchev–Trinajstić information content (AvgIpc) is 3.32. The van der Waals surface area contributed by atoms with Crippen LogP contribution in [0.3, 0.4) is 0 Å². The topological polar surface area (TPSA) is 69.0 Å². The van der Waals surface area contributed by atoms with Gasteiger partial charge in [0.2, 0.25) is 5.91 Å². The summed E-state index contributed by atoms with van der Waals surface area (Å²) >= 11 is 1.45. The summed E-state index contributed by atoms with van der Waals surface area (Å²) in [7, 11) is 1.65. The summed E-state index contributed by atoms with van der Waals surface area (Å²) in [6.07, 6.45) is 2.19. The molecule has 1 N–H and O–H groups in total. The number of carbonyl (C=O) groups excluding carboxylic acids is 1. The summed E-state index contributed by atoms with van der Waals surface area (Å²) in [5, 5.41) is 12.2.